The second-order valence-electron chi connectivity index (χ2n) is 7.09. The van der Waals surface area contributed by atoms with E-state index in [1.807, 2.05) is 5.38 Å². The van der Waals surface area contributed by atoms with Crippen LogP contribution in [0.15, 0.2) is 28.5 Å². The lowest BCUT2D eigenvalue weighted by Gasteiger charge is -2.31. The Kier molecular flexibility index (Phi) is 5.75. The van der Waals surface area contributed by atoms with Crippen LogP contribution in [-0.2, 0) is 21.4 Å². The number of carbonyl (C=O) groups excluding carboxylic acids is 1. The number of hydrogen-bond acceptors (Lipinski definition) is 7. The molecular formula is C19H23N3O5S2. The molecule has 0 bridgehead atoms. The summed E-state index contributed by atoms with van der Waals surface area (Å²) in [6, 6.07) is 4.77. The lowest BCUT2D eigenvalue weighted by atomic mass is 10.0. The number of amides is 1. The molecule has 1 fully saturated rings. The molecule has 1 N–H and O–H groups in total. The number of thiazole rings is 1. The number of carbonyl (C=O) groups is 1. The summed E-state index contributed by atoms with van der Waals surface area (Å²) in [5.41, 5.74) is 0.798. The van der Waals surface area contributed by atoms with Crippen molar-refractivity contribution in [1.29, 1.82) is 0 Å². The van der Waals surface area contributed by atoms with Crippen LogP contribution >= 0.6 is 11.3 Å². The molecule has 0 aliphatic carbocycles. The molecule has 10 heteroatoms. The molecule has 0 unspecified atom stereocenters. The first-order chi connectivity index (χ1) is 13.9. The normalized spacial score (nSPS) is 19.7. The lowest BCUT2D eigenvalue weighted by molar-refractivity contribution is -0.119. The van der Waals surface area contributed by atoms with Crippen molar-refractivity contribution in [2.75, 3.05) is 26.3 Å². The number of nitrogens with one attached hydrogen (secondary N) is 1. The Balaban J connectivity index is 1.49. The summed E-state index contributed by atoms with van der Waals surface area (Å²) in [6.07, 6.45) is 1.66. The summed E-state index contributed by atoms with van der Waals surface area (Å²) in [4.78, 5) is 15.9. The Morgan fingerprint density at radius 3 is 2.90 bits per heavy atom. The molecule has 1 aromatic heterocycles. The van der Waals surface area contributed by atoms with E-state index in [1.165, 1.54) is 22.6 Å². The van der Waals surface area contributed by atoms with Crippen LogP contribution in [0.25, 0.3) is 0 Å². The van der Waals surface area contributed by atoms with Gasteiger partial charge in [0, 0.05) is 37.4 Å². The Bertz CT molecular complexity index is 1010. The first kappa shape index (κ1) is 20.1. The van der Waals surface area contributed by atoms with Crippen LogP contribution in [0.2, 0.25) is 0 Å². The van der Waals surface area contributed by atoms with Gasteiger partial charge in [-0.25, -0.2) is 13.4 Å². The predicted molar refractivity (Wildman–Crippen MR) is 108 cm³/mol. The van der Waals surface area contributed by atoms with Gasteiger partial charge in [0.15, 0.2) is 11.5 Å². The van der Waals surface area contributed by atoms with Crippen LogP contribution in [0.3, 0.4) is 0 Å². The van der Waals surface area contributed by atoms with Crippen molar-refractivity contribution in [3.8, 4) is 11.5 Å². The third kappa shape index (κ3) is 4.39. The smallest absolute Gasteiger partial charge is 0.243 e. The number of nitrogens with zero attached hydrogens (tertiary/aromatic N) is 2. The molecule has 1 atom stereocenters. The van der Waals surface area contributed by atoms with E-state index in [0.29, 0.717) is 44.3 Å². The summed E-state index contributed by atoms with van der Waals surface area (Å²) in [5.74, 6) is 0.982. The minimum absolute atomic E-state index is 0.0480. The minimum atomic E-state index is -3.63. The monoisotopic (exact) mass is 437 g/mol. The number of aromatic nitrogens is 1. The molecule has 0 saturated carbocycles. The maximum Gasteiger partial charge on any atom is 0.243 e. The van der Waals surface area contributed by atoms with Gasteiger partial charge in [0.2, 0.25) is 15.9 Å². The van der Waals surface area contributed by atoms with Gasteiger partial charge in [-0.1, -0.05) is 0 Å². The molecule has 8 nitrogen and oxygen atoms in total. The van der Waals surface area contributed by atoms with E-state index in [-0.39, 0.29) is 16.7 Å². The third-order valence-electron chi connectivity index (χ3n) is 4.97. The van der Waals surface area contributed by atoms with Crippen molar-refractivity contribution in [3.05, 3.63) is 34.3 Å². The standard InChI is InChI=1S/C19H23N3O5S2/c1-13(23)20-10-15-12-28-19(21-15)14-3-2-6-22(11-14)29(24,25)16-4-5-17-18(9-16)27-8-7-26-17/h4-5,9,12,14H,2-3,6-8,10-11H2,1H3,(H,20,23)/t14-/m1/s1. The molecule has 1 saturated heterocycles. The van der Waals surface area contributed by atoms with E-state index >= 15 is 0 Å². The number of benzene rings is 1. The van der Waals surface area contributed by atoms with Crippen molar-refractivity contribution in [3.63, 3.8) is 0 Å². The van der Waals surface area contributed by atoms with Gasteiger partial charge in [-0.2, -0.15) is 4.31 Å². The Morgan fingerprint density at radius 1 is 1.31 bits per heavy atom. The number of fused-ring (bicyclic) bond motifs is 1. The van der Waals surface area contributed by atoms with Crippen molar-refractivity contribution >= 4 is 27.3 Å². The average Bonchev–Trinajstić information content (AvgIpc) is 3.21. The molecule has 1 aromatic carbocycles. The first-order valence-electron chi connectivity index (χ1n) is 9.52. The van der Waals surface area contributed by atoms with Gasteiger partial charge in [-0.3, -0.25) is 4.79 Å². The van der Waals surface area contributed by atoms with Crippen molar-refractivity contribution in [2.45, 2.75) is 37.1 Å². The van der Waals surface area contributed by atoms with Gasteiger partial charge < -0.3 is 14.8 Å². The molecule has 29 heavy (non-hydrogen) atoms. The first-order valence-corrected chi connectivity index (χ1v) is 11.8. The molecule has 0 spiro atoms. The van der Waals surface area contributed by atoms with Gasteiger partial charge in [-0.15, -0.1) is 11.3 Å². The van der Waals surface area contributed by atoms with E-state index in [2.05, 4.69) is 10.3 Å². The molecule has 4 rings (SSSR count). The van der Waals surface area contributed by atoms with Crippen LogP contribution in [0.1, 0.15) is 36.4 Å². The van der Waals surface area contributed by atoms with Gasteiger partial charge in [-0.05, 0) is 25.0 Å². The van der Waals surface area contributed by atoms with Crippen LogP contribution < -0.4 is 14.8 Å². The molecule has 2 aromatic rings. The highest BCUT2D eigenvalue weighted by molar-refractivity contribution is 7.89. The zero-order chi connectivity index (χ0) is 20.4. The average molecular weight is 438 g/mol. The second kappa shape index (κ2) is 8.29. The van der Waals surface area contributed by atoms with E-state index < -0.39 is 10.0 Å². The molecule has 3 heterocycles. The van der Waals surface area contributed by atoms with Gasteiger partial charge in [0.25, 0.3) is 0 Å². The predicted octanol–water partition coefficient (Wildman–Crippen LogP) is 2.12. The maximum atomic E-state index is 13.2. The summed E-state index contributed by atoms with van der Waals surface area (Å²) in [7, 11) is -3.63. The lowest BCUT2D eigenvalue weighted by Crippen LogP contribution is -2.39. The number of rotatable bonds is 5. The molecule has 1 amide bonds. The minimum Gasteiger partial charge on any atom is -0.486 e. The molecule has 156 valence electrons. The van der Waals surface area contributed by atoms with E-state index in [1.54, 1.807) is 18.2 Å². The summed E-state index contributed by atoms with van der Waals surface area (Å²) in [5, 5.41) is 5.56. The second-order valence-corrected chi connectivity index (χ2v) is 9.92. The van der Waals surface area contributed by atoms with Gasteiger partial charge >= 0.3 is 0 Å². The largest absolute Gasteiger partial charge is 0.486 e. The fourth-order valence-corrected chi connectivity index (χ4v) is 5.99. The number of sulfonamides is 1. The summed E-state index contributed by atoms with van der Waals surface area (Å²) < 4.78 is 38.9. The van der Waals surface area contributed by atoms with Gasteiger partial charge in [0.05, 0.1) is 22.1 Å². The van der Waals surface area contributed by atoms with Crippen molar-refractivity contribution < 1.29 is 22.7 Å². The third-order valence-corrected chi connectivity index (χ3v) is 7.89. The van der Waals surface area contributed by atoms with Crippen molar-refractivity contribution in [2.24, 2.45) is 0 Å². The number of ether oxygens (including phenoxy) is 2. The molecule has 0 radical (unpaired) electrons. The quantitative estimate of drug-likeness (QED) is 0.770. The Hall–Kier alpha value is -2.17. The Morgan fingerprint density at radius 2 is 2.10 bits per heavy atom. The van der Waals surface area contributed by atoms with E-state index in [9.17, 15) is 13.2 Å². The highest BCUT2D eigenvalue weighted by Gasteiger charge is 2.33. The van der Waals surface area contributed by atoms with Crippen molar-refractivity contribution in [1.82, 2.24) is 14.6 Å². The Labute approximate surface area is 173 Å². The number of hydrogen-bond donors (Lipinski definition) is 1. The topological polar surface area (TPSA) is 97.8 Å². The zero-order valence-corrected chi connectivity index (χ0v) is 17.7. The van der Waals surface area contributed by atoms with Gasteiger partial charge in [0.1, 0.15) is 13.2 Å². The molecular weight excluding hydrogens is 414 g/mol. The van der Waals surface area contributed by atoms with Crippen LogP contribution in [-0.4, -0.2) is 49.9 Å². The van der Waals surface area contributed by atoms with Crippen LogP contribution in [0, 0.1) is 0 Å². The summed E-state index contributed by atoms with van der Waals surface area (Å²) in [6.45, 7) is 3.60. The fraction of sp³-hybridized carbons (Fsp3) is 0.474. The zero-order valence-electron chi connectivity index (χ0n) is 16.1. The number of piperidine rings is 1. The fourth-order valence-electron chi connectivity index (χ4n) is 3.50. The SMILES string of the molecule is CC(=O)NCc1csc([C@@H]2CCCN(S(=O)(=O)c3ccc4c(c3)OCCO4)C2)n1. The highest BCUT2D eigenvalue weighted by Crippen LogP contribution is 2.35. The molecule has 2 aliphatic rings. The highest BCUT2D eigenvalue weighted by atomic mass is 32.2. The van der Waals surface area contributed by atoms with E-state index in [4.69, 9.17) is 9.47 Å². The van der Waals surface area contributed by atoms with Crippen LogP contribution in [0.4, 0.5) is 0 Å². The molecule has 2 aliphatic heterocycles. The van der Waals surface area contributed by atoms with E-state index in [0.717, 1.165) is 23.5 Å². The summed E-state index contributed by atoms with van der Waals surface area (Å²) >= 11 is 1.51. The maximum absolute atomic E-state index is 13.2. The van der Waals surface area contributed by atoms with Crippen LogP contribution in [0.5, 0.6) is 11.5 Å².